The molecule has 4 amide bonds. The molecule has 9 rings (SSSR count). The first kappa shape index (κ1) is 45.0. The fraction of sp³-hybridized carbons (Fsp3) is 0.327. The third-order valence-corrected chi connectivity index (χ3v) is 14.1. The van der Waals surface area contributed by atoms with Gasteiger partial charge >= 0.3 is 5.97 Å². The highest BCUT2D eigenvalue weighted by atomic mass is 32.1. The van der Waals surface area contributed by atoms with Crippen molar-refractivity contribution < 1.29 is 33.4 Å². The van der Waals surface area contributed by atoms with Gasteiger partial charge in [-0.3, -0.25) is 19.2 Å². The average molecular weight is 922 g/mol. The second-order valence-electron chi connectivity index (χ2n) is 17.7. The van der Waals surface area contributed by atoms with Gasteiger partial charge < -0.3 is 46.4 Å². The largest absolute Gasteiger partial charge is 0.456 e. The van der Waals surface area contributed by atoms with Gasteiger partial charge in [-0.1, -0.05) is 31.0 Å². The molecule has 0 unspecified atom stereocenters. The first-order chi connectivity index (χ1) is 32.4. The van der Waals surface area contributed by atoms with Gasteiger partial charge in [-0.15, -0.1) is 11.3 Å². The molecule has 1 saturated carbocycles. The molecule has 4 heterocycles. The lowest BCUT2D eigenvalue weighted by Gasteiger charge is -2.36. The summed E-state index contributed by atoms with van der Waals surface area (Å²) in [6.07, 6.45) is 6.09. The second-order valence-corrected chi connectivity index (χ2v) is 18.6. The number of hydrogen-bond donors (Lipinski definition) is 5. The minimum atomic E-state index is -1.29. The number of nitrogens with zero attached hydrogens (tertiary/aromatic N) is 2. The molecule has 7 N–H and O–H groups in total. The third-order valence-electron chi connectivity index (χ3n) is 13.2. The summed E-state index contributed by atoms with van der Waals surface area (Å²) in [5, 5.41) is 11.2. The summed E-state index contributed by atoms with van der Waals surface area (Å²) >= 11 is 1.54. The number of benzene rings is 4. The Balaban J connectivity index is 0.700. The van der Waals surface area contributed by atoms with Gasteiger partial charge in [-0.2, -0.15) is 0 Å². The lowest BCUT2D eigenvalue weighted by atomic mass is 9.77. The molecule has 2 aliphatic heterocycles. The molecule has 14 nitrogen and oxygen atoms in total. The number of hydrogen-bond acceptors (Lipinski definition) is 10. The Labute approximate surface area is 393 Å². The monoisotopic (exact) mass is 921 g/mol. The summed E-state index contributed by atoms with van der Waals surface area (Å²) in [7, 11) is 0. The molecule has 346 valence electrons. The number of esters is 1. The number of ether oxygens (including phenoxy) is 2. The Bertz CT molecular complexity index is 2840. The minimum absolute atomic E-state index is 0.0440. The maximum absolute atomic E-state index is 13.7. The molecule has 0 atom stereocenters. The number of amides is 4. The van der Waals surface area contributed by atoms with Crippen molar-refractivity contribution >= 4 is 68.2 Å². The highest BCUT2D eigenvalue weighted by Crippen LogP contribution is 2.56. The molecule has 6 aromatic rings. The Morgan fingerprint density at radius 2 is 1.48 bits per heavy atom. The van der Waals surface area contributed by atoms with Crippen LogP contribution in [0.1, 0.15) is 112 Å². The molecule has 1 aliphatic carbocycles. The molecule has 1 spiro atoms. The van der Waals surface area contributed by atoms with E-state index in [0.717, 1.165) is 47.2 Å². The quantitative estimate of drug-likeness (QED) is 0.0383. The van der Waals surface area contributed by atoms with E-state index in [1.54, 1.807) is 70.8 Å². The Kier molecular flexibility index (Phi) is 12.8. The Morgan fingerprint density at radius 1 is 0.791 bits per heavy atom. The maximum atomic E-state index is 13.7. The number of anilines is 3. The number of unbranched alkanes of at least 4 members (excludes halogenated alkanes) is 3. The molecular weight excluding hydrogens is 867 g/mol. The number of aryl methyl sites for hydroxylation is 1. The van der Waals surface area contributed by atoms with Crippen LogP contribution in [-0.2, 0) is 26.5 Å². The number of likely N-dealkylation sites (N-methyl/N-ethyl adjacent to an activating group) is 1. The highest BCUT2D eigenvalue weighted by molar-refractivity contribution is 7.17. The molecular formula is C52H55N7O7S. The van der Waals surface area contributed by atoms with E-state index in [9.17, 15) is 24.0 Å². The van der Waals surface area contributed by atoms with Crippen LogP contribution in [0.5, 0.6) is 11.5 Å². The molecule has 1 fully saturated rings. The summed E-state index contributed by atoms with van der Waals surface area (Å²) in [5.41, 5.74) is 17.6. The number of nitrogen functional groups attached to an aromatic ring is 2. The molecule has 3 aliphatic rings. The number of aromatic nitrogens is 1. The van der Waals surface area contributed by atoms with Crippen LogP contribution in [0.15, 0.2) is 96.4 Å². The number of nitrogens with one attached hydrogen (secondary N) is 3. The van der Waals surface area contributed by atoms with Crippen molar-refractivity contribution in [2.45, 2.75) is 83.4 Å². The number of carbonyl (C=O) groups is 5. The molecule has 67 heavy (non-hydrogen) atoms. The predicted molar refractivity (Wildman–Crippen MR) is 260 cm³/mol. The summed E-state index contributed by atoms with van der Waals surface area (Å²) in [6.45, 7) is 5.54. The molecule has 2 aromatic heterocycles. The van der Waals surface area contributed by atoms with Crippen LogP contribution in [-0.4, -0.2) is 59.8 Å². The first-order valence-electron chi connectivity index (χ1n) is 23.1. The SMILES string of the molecule is CCN(C(=O)Cn1c(C(=O)N[C@H]2CC[C@H](C(=O)NCCCCCCNC(=O)c3ccc4c(c3)C(=O)OC43c4ccc(N)cc4Oc4cc(N)ccc43)CC2)cc2sccc21)c1cccc(C)c1. The van der Waals surface area contributed by atoms with E-state index in [1.165, 1.54) is 0 Å². The number of nitrogens with two attached hydrogens (primary N) is 2. The number of fused-ring (bicyclic) bond motifs is 7. The fourth-order valence-electron chi connectivity index (χ4n) is 9.78. The van der Waals surface area contributed by atoms with Gasteiger partial charge in [0.05, 0.1) is 15.8 Å². The van der Waals surface area contributed by atoms with Crippen LogP contribution >= 0.6 is 11.3 Å². The van der Waals surface area contributed by atoms with Crippen molar-refractivity contribution in [3.63, 3.8) is 0 Å². The van der Waals surface area contributed by atoms with Gasteiger partial charge in [-0.25, -0.2) is 4.79 Å². The van der Waals surface area contributed by atoms with Gasteiger partial charge in [-0.05, 0) is 124 Å². The second kappa shape index (κ2) is 19.0. The van der Waals surface area contributed by atoms with Crippen molar-refractivity contribution in [2.75, 3.05) is 36.0 Å². The van der Waals surface area contributed by atoms with Crippen molar-refractivity contribution in [3.05, 3.63) is 135 Å². The van der Waals surface area contributed by atoms with Gasteiger partial charge in [0.25, 0.3) is 11.8 Å². The lowest BCUT2D eigenvalue weighted by molar-refractivity contribution is -0.126. The van der Waals surface area contributed by atoms with E-state index in [-0.39, 0.29) is 42.1 Å². The smallest absolute Gasteiger partial charge is 0.340 e. The normalized spacial score (nSPS) is 16.6. The molecule has 0 saturated heterocycles. The van der Waals surface area contributed by atoms with Gasteiger partial charge in [0.15, 0.2) is 5.60 Å². The van der Waals surface area contributed by atoms with Crippen molar-refractivity contribution in [3.8, 4) is 11.5 Å². The summed E-state index contributed by atoms with van der Waals surface area (Å²) in [5.74, 6) is -0.282. The Hall–Kier alpha value is -7.13. The first-order valence-corrected chi connectivity index (χ1v) is 24.0. The summed E-state index contributed by atoms with van der Waals surface area (Å²) in [4.78, 5) is 68.9. The standard InChI is InChI=1S/C52H55N7O7S/c1-3-58(37-10-8-9-31(2)25-37)47(60)30-59-42-21-24-67-46(42)29-43(59)50(63)57-36-16-11-32(12-17-36)48(61)55-22-6-4-5-7-23-56-49(62)33-13-18-39-38(26-33)51(64)66-52(39)40-19-14-34(53)27-44(40)65-45-28-35(54)15-20-41(45)52/h8-10,13-15,18-21,24-29,32,36H,3-7,11-12,16-17,22-23,30,53-54H2,1-2H3,(H,55,61)(H,56,62)(H,57,63)/t32-,36-. The average Bonchev–Trinajstić information content (AvgIpc) is 4.00. The number of thiophene rings is 1. The molecule has 15 heteroatoms. The van der Waals surface area contributed by atoms with Crippen molar-refractivity contribution in [1.29, 1.82) is 0 Å². The summed E-state index contributed by atoms with van der Waals surface area (Å²) < 4.78 is 15.1. The zero-order valence-corrected chi connectivity index (χ0v) is 38.5. The minimum Gasteiger partial charge on any atom is -0.456 e. The number of rotatable bonds is 15. The van der Waals surface area contributed by atoms with E-state index >= 15 is 0 Å². The van der Waals surface area contributed by atoms with Gasteiger partial charge in [0.1, 0.15) is 23.7 Å². The van der Waals surface area contributed by atoms with Crippen LogP contribution in [0.25, 0.3) is 10.2 Å². The molecule has 0 bridgehead atoms. The lowest BCUT2D eigenvalue weighted by Crippen LogP contribution is -2.42. The van der Waals surface area contributed by atoms with E-state index in [0.29, 0.717) is 102 Å². The summed E-state index contributed by atoms with van der Waals surface area (Å²) in [6, 6.07) is 27.1. The van der Waals surface area contributed by atoms with Crippen LogP contribution < -0.4 is 37.1 Å². The molecule has 0 radical (unpaired) electrons. The Morgan fingerprint density at radius 3 is 2.16 bits per heavy atom. The molecule has 4 aromatic carbocycles. The van der Waals surface area contributed by atoms with E-state index in [2.05, 4.69) is 16.0 Å². The van der Waals surface area contributed by atoms with E-state index in [4.69, 9.17) is 20.9 Å². The van der Waals surface area contributed by atoms with Gasteiger partial charge in [0, 0.05) is 83.0 Å². The van der Waals surface area contributed by atoms with Crippen molar-refractivity contribution in [1.82, 2.24) is 20.5 Å². The topological polar surface area (TPSA) is 200 Å². The highest BCUT2D eigenvalue weighted by Gasteiger charge is 2.53. The van der Waals surface area contributed by atoms with Crippen molar-refractivity contribution in [2.24, 2.45) is 5.92 Å². The van der Waals surface area contributed by atoms with E-state index in [1.807, 2.05) is 60.2 Å². The zero-order valence-electron chi connectivity index (χ0n) is 37.7. The van der Waals surface area contributed by atoms with Crippen LogP contribution in [0.3, 0.4) is 0 Å². The van der Waals surface area contributed by atoms with Crippen LogP contribution in [0, 0.1) is 12.8 Å². The van der Waals surface area contributed by atoms with E-state index < -0.39 is 11.6 Å². The van der Waals surface area contributed by atoms with Gasteiger partial charge in [0.2, 0.25) is 11.8 Å². The van der Waals surface area contributed by atoms with Crippen LogP contribution in [0.2, 0.25) is 0 Å². The maximum Gasteiger partial charge on any atom is 0.340 e. The number of carbonyl (C=O) groups excluding carboxylic acids is 5. The fourth-order valence-corrected chi connectivity index (χ4v) is 10.6. The third kappa shape index (κ3) is 8.95. The predicted octanol–water partition coefficient (Wildman–Crippen LogP) is 8.19. The zero-order chi connectivity index (χ0) is 46.8. The van der Waals surface area contributed by atoms with Crippen LogP contribution in [0.4, 0.5) is 17.1 Å².